The highest BCUT2D eigenvalue weighted by Crippen LogP contribution is 2.36. The van der Waals surface area contributed by atoms with E-state index in [1.807, 2.05) is 0 Å². The highest BCUT2D eigenvalue weighted by atomic mass is 35.5. The van der Waals surface area contributed by atoms with E-state index in [0.717, 1.165) is 22.9 Å². The van der Waals surface area contributed by atoms with Crippen LogP contribution in [0.5, 0.6) is 0 Å². The van der Waals surface area contributed by atoms with Gasteiger partial charge in [0.05, 0.1) is 11.9 Å². The quantitative estimate of drug-likeness (QED) is 0.640. The average molecular weight is 439 g/mol. The van der Waals surface area contributed by atoms with Crippen LogP contribution in [-0.2, 0) is 6.18 Å². The van der Waals surface area contributed by atoms with Crippen LogP contribution >= 0.6 is 11.6 Å². The minimum Gasteiger partial charge on any atom is -0.348 e. The molecule has 1 fully saturated rings. The largest absolute Gasteiger partial charge is 0.421 e. The third-order valence-electron chi connectivity index (χ3n) is 5.28. The Bertz CT molecular complexity index is 1210. The zero-order chi connectivity index (χ0) is 21.8. The molecule has 6 nitrogen and oxygen atoms in total. The molecule has 0 radical (unpaired) electrons. The first-order valence-corrected chi connectivity index (χ1v) is 9.74. The second kappa shape index (κ2) is 7.16. The van der Waals surface area contributed by atoms with Crippen molar-refractivity contribution in [2.75, 3.05) is 0 Å². The van der Waals surface area contributed by atoms with E-state index in [1.165, 1.54) is 6.20 Å². The van der Waals surface area contributed by atoms with Crippen molar-refractivity contribution < 1.29 is 18.0 Å². The van der Waals surface area contributed by atoms with Crippen molar-refractivity contribution in [1.29, 1.82) is 0 Å². The summed E-state index contributed by atoms with van der Waals surface area (Å²) in [5.74, 6) is -0.697. The smallest absolute Gasteiger partial charge is 0.348 e. The number of aromatic amines is 1. The molecule has 1 atom stereocenters. The highest BCUT2D eigenvalue weighted by molar-refractivity contribution is 6.31. The van der Waals surface area contributed by atoms with Crippen LogP contribution in [0.15, 0.2) is 29.2 Å². The molecule has 1 saturated carbocycles. The number of nitrogens with zero attached hydrogens (tertiary/aromatic N) is 2. The molecule has 0 saturated heterocycles. The fourth-order valence-electron chi connectivity index (χ4n) is 3.46. The van der Waals surface area contributed by atoms with Crippen molar-refractivity contribution in [3.8, 4) is 11.3 Å². The maximum atomic E-state index is 13.8. The number of nitrogens with one attached hydrogen (secondary N) is 2. The molecule has 0 bridgehead atoms. The predicted octanol–water partition coefficient (Wildman–Crippen LogP) is 4.20. The number of carbonyl (C=O) groups excluding carboxylic acids is 1. The molecular weight excluding hydrogens is 421 g/mol. The molecule has 10 heteroatoms. The van der Waals surface area contributed by atoms with E-state index in [4.69, 9.17) is 11.6 Å². The SMILES string of the molecule is Cc1cc(-c2cn3nc(C(=O)N[C@H](C)C4CC4)c(C(F)(F)F)c3c(=O)[nH]2)ccc1Cl. The number of rotatable bonds is 4. The van der Waals surface area contributed by atoms with Crippen LogP contribution in [0.25, 0.3) is 16.8 Å². The lowest BCUT2D eigenvalue weighted by atomic mass is 10.1. The van der Waals surface area contributed by atoms with Gasteiger partial charge < -0.3 is 10.3 Å². The second-order valence-corrected chi connectivity index (χ2v) is 7.98. The van der Waals surface area contributed by atoms with Crippen molar-refractivity contribution in [1.82, 2.24) is 19.9 Å². The molecule has 2 heterocycles. The summed E-state index contributed by atoms with van der Waals surface area (Å²) in [5, 5.41) is 6.92. The Kier molecular flexibility index (Phi) is 4.88. The summed E-state index contributed by atoms with van der Waals surface area (Å²) in [6.45, 7) is 3.51. The first kappa shape index (κ1) is 20.5. The number of hydrogen-bond donors (Lipinski definition) is 2. The molecule has 1 aliphatic carbocycles. The number of aryl methyl sites for hydroxylation is 1. The van der Waals surface area contributed by atoms with Crippen LogP contribution in [0, 0.1) is 12.8 Å². The molecule has 1 aliphatic rings. The number of carbonyl (C=O) groups is 1. The first-order chi connectivity index (χ1) is 14.1. The van der Waals surface area contributed by atoms with Crippen molar-refractivity contribution in [2.24, 2.45) is 5.92 Å². The number of H-pyrrole nitrogens is 1. The Morgan fingerprint density at radius 2 is 2.07 bits per heavy atom. The Morgan fingerprint density at radius 1 is 1.37 bits per heavy atom. The standard InChI is InChI=1S/C20H18ClF3N4O2/c1-9-7-12(5-6-13(9)21)14-8-28-17(19(30)26-14)15(20(22,23)24)16(27-28)18(29)25-10(2)11-3-4-11/h5-8,10-11H,3-4H2,1-2H3,(H,25,29)(H,26,30)/t10-/m1/s1. The summed E-state index contributed by atoms with van der Waals surface area (Å²) in [5.41, 5.74) is -2.33. The zero-order valence-corrected chi connectivity index (χ0v) is 16.9. The molecule has 0 aliphatic heterocycles. The van der Waals surface area contributed by atoms with Gasteiger partial charge in [-0.1, -0.05) is 17.7 Å². The summed E-state index contributed by atoms with van der Waals surface area (Å²) >= 11 is 6.01. The fraction of sp³-hybridized carbons (Fsp3) is 0.350. The van der Waals surface area contributed by atoms with E-state index in [2.05, 4.69) is 15.4 Å². The van der Waals surface area contributed by atoms with Crippen LogP contribution < -0.4 is 10.9 Å². The minimum absolute atomic E-state index is 0.252. The third kappa shape index (κ3) is 3.69. The van der Waals surface area contributed by atoms with Crippen molar-refractivity contribution >= 4 is 23.0 Å². The van der Waals surface area contributed by atoms with Crippen LogP contribution in [0.2, 0.25) is 5.02 Å². The number of hydrogen-bond acceptors (Lipinski definition) is 3. The van der Waals surface area contributed by atoms with Gasteiger partial charge in [-0.15, -0.1) is 0 Å². The summed E-state index contributed by atoms with van der Waals surface area (Å²) < 4.78 is 42.2. The van der Waals surface area contributed by atoms with Gasteiger partial charge in [0.2, 0.25) is 0 Å². The van der Waals surface area contributed by atoms with E-state index < -0.39 is 34.4 Å². The molecule has 2 N–H and O–H groups in total. The number of amides is 1. The molecule has 158 valence electrons. The maximum absolute atomic E-state index is 13.8. The number of halogens is 4. The Balaban J connectivity index is 1.86. The first-order valence-electron chi connectivity index (χ1n) is 9.36. The van der Waals surface area contributed by atoms with Crippen molar-refractivity contribution in [3.05, 3.63) is 56.6 Å². The summed E-state index contributed by atoms with van der Waals surface area (Å²) in [7, 11) is 0. The van der Waals surface area contributed by atoms with E-state index in [9.17, 15) is 22.8 Å². The van der Waals surface area contributed by atoms with Gasteiger partial charge in [0.15, 0.2) is 5.69 Å². The fourth-order valence-corrected chi connectivity index (χ4v) is 3.57. The number of fused-ring (bicyclic) bond motifs is 1. The highest BCUT2D eigenvalue weighted by Gasteiger charge is 2.42. The van der Waals surface area contributed by atoms with Crippen LogP contribution in [-0.4, -0.2) is 26.5 Å². The molecule has 0 spiro atoms. The van der Waals surface area contributed by atoms with Gasteiger partial charge in [0, 0.05) is 11.1 Å². The zero-order valence-electron chi connectivity index (χ0n) is 16.1. The Labute approximate surface area is 174 Å². The van der Waals surface area contributed by atoms with Gasteiger partial charge in [-0.2, -0.15) is 18.3 Å². The molecule has 0 unspecified atom stereocenters. The van der Waals surface area contributed by atoms with Gasteiger partial charge in [-0.3, -0.25) is 9.59 Å². The molecule has 1 amide bonds. The van der Waals surface area contributed by atoms with E-state index in [-0.39, 0.29) is 17.7 Å². The lowest BCUT2D eigenvalue weighted by molar-refractivity contribution is -0.136. The van der Waals surface area contributed by atoms with E-state index in [0.29, 0.717) is 10.6 Å². The summed E-state index contributed by atoms with van der Waals surface area (Å²) in [6, 6.07) is 4.68. The summed E-state index contributed by atoms with van der Waals surface area (Å²) in [4.78, 5) is 27.6. The van der Waals surface area contributed by atoms with Gasteiger partial charge >= 0.3 is 6.18 Å². The van der Waals surface area contributed by atoms with Gasteiger partial charge in [-0.25, -0.2) is 4.52 Å². The molecular formula is C20H18ClF3N4O2. The Hall–Kier alpha value is -2.81. The van der Waals surface area contributed by atoms with E-state index in [1.54, 1.807) is 32.0 Å². The topological polar surface area (TPSA) is 79.3 Å². The van der Waals surface area contributed by atoms with Crippen LogP contribution in [0.1, 0.15) is 41.4 Å². The van der Waals surface area contributed by atoms with Crippen LogP contribution in [0.4, 0.5) is 13.2 Å². The van der Waals surface area contributed by atoms with E-state index >= 15 is 0 Å². The van der Waals surface area contributed by atoms with Crippen LogP contribution in [0.3, 0.4) is 0 Å². The molecule has 4 rings (SSSR count). The minimum atomic E-state index is -4.93. The normalized spacial score (nSPS) is 15.4. The monoisotopic (exact) mass is 438 g/mol. The Morgan fingerprint density at radius 3 is 2.67 bits per heavy atom. The summed E-state index contributed by atoms with van der Waals surface area (Å²) in [6.07, 6.45) is -1.83. The van der Waals surface area contributed by atoms with Crippen molar-refractivity contribution in [3.63, 3.8) is 0 Å². The molecule has 2 aromatic heterocycles. The van der Waals surface area contributed by atoms with Gasteiger partial charge in [-0.05, 0) is 55.9 Å². The number of aromatic nitrogens is 3. The average Bonchev–Trinajstić information content (AvgIpc) is 3.42. The third-order valence-corrected chi connectivity index (χ3v) is 5.70. The maximum Gasteiger partial charge on any atom is 0.421 e. The molecule has 3 aromatic rings. The lowest BCUT2D eigenvalue weighted by Crippen LogP contribution is -2.35. The number of alkyl halides is 3. The lowest BCUT2D eigenvalue weighted by Gasteiger charge is -2.13. The molecule has 1 aromatic carbocycles. The number of benzene rings is 1. The molecule has 30 heavy (non-hydrogen) atoms. The van der Waals surface area contributed by atoms with Gasteiger partial charge in [0.1, 0.15) is 11.1 Å². The van der Waals surface area contributed by atoms with Crippen molar-refractivity contribution in [2.45, 2.75) is 38.9 Å². The van der Waals surface area contributed by atoms with Gasteiger partial charge in [0.25, 0.3) is 11.5 Å². The second-order valence-electron chi connectivity index (χ2n) is 7.57. The predicted molar refractivity (Wildman–Crippen MR) is 106 cm³/mol.